The van der Waals surface area contributed by atoms with Gasteiger partial charge in [0.15, 0.2) is 0 Å². The molecule has 24 heavy (non-hydrogen) atoms. The van der Waals surface area contributed by atoms with Crippen molar-refractivity contribution in [1.82, 2.24) is 4.90 Å². The second kappa shape index (κ2) is 8.64. The van der Waals surface area contributed by atoms with Gasteiger partial charge in [0, 0.05) is 11.4 Å². The van der Waals surface area contributed by atoms with Crippen molar-refractivity contribution in [2.75, 3.05) is 20.4 Å². The lowest BCUT2D eigenvalue weighted by molar-refractivity contribution is 0.401. The van der Waals surface area contributed by atoms with Gasteiger partial charge < -0.3 is 10.4 Å². The molecular weight excluding hydrogens is 344 g/mol. The highest BCUT2D eigenvalue weighted by Crippen LogP contribution is 2.30. The van der Waals surface area contributed by atoms with E-state index in [2.05, 4.69) is 6.07 Å². The molecule has 0 saturated carbocycles. The third-order valence-corrected chi connectivity index (χ3v) is 5.26. The van der Waals surface area contributed by atoms with E-state index in [0.29, 0.717) is 13.0 Å². The number of primary sulfonamides is 1. The number of thioether (sulfide) groups is 1. The van der Waals surface area contributed by atoms with E-state index in [9.17, 15) is 8.42 Å². The fourth-order valence-electron chi connectivity index (χ4n) is 2.54. The van der Waals surface area contributed by atoms with Crippen LogP contribution < -0.4 is 5.14 Å². The molecule has 0 aliphatic rings. The van der Waals surface area contributed by atoms with Crippen LogP contribution in [0.3, 0.4) is 0 Å². The molecule has 0 bridgehead atoms. The molecule has 0 fully saturated rings. The summed E-state index contributed by atoms with van der Waals surface area (Å²) in [5, 5.41) is 5.48. The Morgan fingerprint density at radius 2 is 1.71 bits per heavy atom. The van der Waals surface area contributed by atoms with E-state index in [4.69, 9.17) is 5.14 Å². The number of benzene rings is 2. The van der Waals surface area contributed by atoms with Crippen LogP contribution in [0.1, 0.15) is 16.7 Å². The third-order valence-electron chi connectivity index (χ3n) is 3.48. The van der Waals surface area contributed by atoms with Gasteiger partial charge in [0.25, 0.3) is 0 Å². The molecule has 5 nitrogen and oxygen atoms in total. The minimum absolute atomic E-state index is 0. The van der Waals surface area contributed by atoms with Crippen molar-refractivity contribution in [2.45, 2.75) is 22.8 Å². The molecule has 0 atom stereocenters. The van der Waals surface area contributed by atoms with E-state index < -0.39 is 10.0 Å². The molecule has 0 amide bonds. The summed E-state index contributed by atoms with van der Waals surface area (Å²) in [6, 6.07) is 13.6. The molecule has 0 unspecified atom stereocenters. The molecule has 0 aliphatic carbocycles. The van der Waals surface area contributed by atoms with Crippen molar-refractivity contribution in [3.8, 4) is 0 Å². The molecule has 0 aromatic heterocycles. The van der Waals surface area contributed by atoms with Gasteiger partial charge in [-0.25, -0.2) is 13.6 Å². The Morgan fingerprint density at radius 3 is 2.21 bits per heavy atom. The van der Waals surface area contributed by atoms with Crippen molar-refractivity contribution in [3.05, 3.63) is 59.2 Å². The number of rotatable bonds is 6. The van der Waals surface area contributed by atoms with Crippen LogP contribution >= 0.6 is 11.8 Å². The summed E-state index contributed by atoms with van der Waals surface area (Å²) >= 11 is 1.55. The topological polar surface area (TPSA) is 94.9 Å². The Kier molecular flexibility index (Phi) is 7.44. The van der Waals surface area contributed by atoms with Gasteiger partial charge in [0.05, 0.1) is 4.90 Å². The van der Waals surface area contributed by atoms with Gasteiger partial charge in [-0.1, -0.05) is 30.3 Å². The lowest BCUT2D eigenvalue weighted by Gasteiger charge is -2.17. The number of hydrogen-bond acceptors (Lipinski definition) is 4. The first-order chi connectivity index (χ1) is 10.8. The van der Waals surface area contributed by atoms with Crippen molar-refractivity contribution < 1.29 is 13.9 Å². The monoisotopic (exact) mass is 368 g/mol. The van der Waals surface area contributed by atoms with E-state index in [0.717, 1.165) is 21.6 Å². The highest BCUT2D eigenvalue weighted by atomic mass is 32.2. The van der Waals surface area contributed by atoms with E-state index >= 15 is 0 Å². The van der Waals surface area contributed by atoms with Crippen LogP contribution in [0.2, 0.25) is 0 Å². The molecule has 0 aliphatic heterocycles. The van der Waals surface area contributed by atoms with Crippen molar-refractivity contribution in [1.29, 1.82) is 0 Å². The Hall–Kier alpha value is -1.38. The molecule has 2 aromatic rings. The van der Waals surface area contributed by atoms with Gasteiger partial charge in [-0.15, -0.1) is 11.8 Å². The van der Waals surface area contributed by atoms with Crippen LogP contribution in [0.4, 0.5) is 0 Å². The zero-order valence-electron chi connectivity index (χ0n) is 14.1. The van der Waals surface area contributed by atoms with Gasteiger partial charge in [0.2, 0.25) is 10.0 Å². The molecule has 0 heterocycles. The summed E-state index contributed by atoms with van der Waals surface area (Å²) in [6.07, 6.45) is 2.50. The van der Waals surface area contributed by atoms with Crippen LogP contribution in [0, 0.1) is 0 Å². The molecule has 0 radical (unpaired) electrons. The first-order valence-corrected chi connectivity index (χ1v) is 9.99. The van der Waals surface area contributed by atoms with E-state index in [1.54, 1.807) is 17.8 Å². The molecule has 4 N–H and O–H groups in total. The fraction of sp³-hybridized carbons (Fsp3) is 0.294. The van der Waals surface area contributed by atoms with Gasteiger partial charge >= 0.3 is 0 Å². The Morgan fingerprint density at radius 1 is 1.08 bits per heavy atom. The predicted molar refractivity (Wildman–Crippen MR) is 99.8 cm³/mol. The summed E-state index contributed by atoms with van der Waals surface area (Å²) in [6.45, 7) is 0.668. The SMILES string of the molecule is CSc1cc(CN(C)C)cc(S(N)(=O)=O)c1Cc1ccccc1.O. The minimum atomic E-state index is -3.78. The Balaban J connectivity index is 0.00000288. The van der Waals surface area contributed by atoms with Crippen LogP contribution in [0.25, 0.3) is 0 Å². The Bertz CT molecular complexity index is 776. The summed E-state index contributed by atoms with van der Waals surface area (Å²) in [4.78, 5) is 3.19. The smallest absolute Gasteiger partial charge is 0.238 e. The second-order valence-corrected chi connectivity index (χ2v) is 8.10. The maximum absolute atomic E-state index is 12.1. The maximum atomic E-state index is 12.1. The van der Waals surface area contributed by atoms with Crippen LogP contribution in [0.5, 0.6) is 0 Å². The lowest BCUT2D eigenvalue weighted by atomic mass is 10.0. The molecule has 7 heteroatoms. The van der Waals surface area contributed by atoms with Crippen LogP contribution in [-0.2, 0) is 23.0 Å². The molecule has 2 aromatic carbocycles. The fourth-order valence-corrected chi connectivity index (χ4v) is 4.14. The lowest BCUT2D eigenvalue weighted by Crippen LogP contribution is -2.17. The highest BCUT2D eigenvalue weighted by Gasteiger charge is 2.19. The number of nitrogens with two attached hydrogens (primary N) is 1. The zero-order valence-corrected chi connectivity index (χ0v) is 15.7. The summed E-state index contributed by atoms with van der Waals surface area (Å²) < 4.78 is 24.2. The number of hydrogen-bond donors (Lipinski definition) is 1. The normalized spacial score (nSPS) is 11.4. The van der Waals surface area contributed by atoms with Crippen LogP contribution in [-0.4, -0.2) is 39.1 Å². The van der Waals surface area contributed by atoms with E-state index in [-0.39, 0.29) is 10.4 Å². The quantitative estimate of drug-likeness (QED) is 0.788. The molecular formula is C17H24N2O3S2. The second-order valence-electron chi connectivity index (χ2n) is 5.72. The van der Waals surface area contributed by atoms with E-state index in [1.165, 1.54) is 0 Å². The Labute approximate surface area is 148 Å². The van der Waals surface area contributed by atoms with Gasteiger partial charge in [0.1, 0.15) is 0 Å². The molecule has 0 saturated heterocycles. The number of sulfonamides is 1. The first-order valence-electron chi connectivity index (χ1n) is 7.22. The number of nitrogens with zero attached hydrogens (tertiary/aromatic N) is 1. The average Bonchev–Trinajstić information content (AvgIpc) is 2.47. The van der Waals surface area contributed by atoms with Gasteiger partial charge in [-0.05, 0) is 55.6 Å². The van der Waals surface area contributed by atoms with Gasteiger partial charge in [-0.3, -0.25) is 0 Å². The third kappa shape index (κ3) is 5.32. The standard InChI is InChI=1S/C17H22N2O2S2.H2O/c1-19(2)12-14-10-16(22-3)15(17(11-14)23(18,20)21)9-13-7-5-4-6-8-13;/h4-8,10-11H,9,12H2,1-3H3,(H2,18,20,21);1H2. The summed E-state index contributed by atoms with van der Waals surface area (Å²) in [7, 11) is 0.127. The zero-order chi connectivity index (χ0) is 17.0. The summed E-state index contributed by atoms with van der Waals surface area (Å²) in [5.74, 6) is 0. The van der Waals surface area contributed by atoms with Crippen molar-refractivity contribution in [2.24, 2.45) is 5.14 Å². The van der Waals surface area contributed by atoms with Crippen molar-refractivity contribution in [3.63, 3.8) is 0 Å². The van der Waals surface area contributed by atoms with E-state index in [1.807, 2.05) is 55.6 Å². The van der Waals surface area contributed by atoms with Crippen molar-refractivity contribution >= 4 is 21.8 Å². The molecule has 132 valence electrons. The highest BCUT2D eigenvalue weighted by molar-refractivity contribution is 7.98. The molecule has 2 rings (SSSR count). The maximum Gasteiger partial charge on any atom is 0.238 e. The first kappa shape index (κ1) is 20.7. The predicted octanol–water partition coefficient (Wildman–Crippen LogP) is 1.88. The summed E-state index contributed by atoms with van der Waals surface area (Å²) in [5.41, 5.74) is 2.78. The van der Waals surface area contributed by atoms with Crippen LogP contribution in [0.15, 0.2) is 52.3 Å². The minimum Gasteiger partial charge on any atom is -0.412 e. The average molecular weight is 369 g/mol. The van der Waals surface area contributed by atoms with Gasteiger partial charge in [-0.2, -0.15) is 0 Å². The molecule has 0 spiro atoms. The largest absolute Gasteiger partial charge is 0.412 e.